The summed E-state index contributed by atoms with van der Waals surface area (Å²) < 4.78 is 0. The average Bonchev–Trinajstić information content (AvgIpc) is 2.30. The topological polar surface area (TPSA) is 49.5 Å². The molecule has 90 valence electrons. The lowest BCUT2D eigenvalue weighted by Gasteiger charge is -2.26. The van der Waals surface area contributed by atoms with Gasteiger partial charge in [-0.05, 0) is 31.9 Å². The molecule has 1 atom stereocenters. The van der Waals surface area contributed by atoms with Gasteiger partial charge in [-0.15, -0.1) is 0 Å². The van der Waals surface area contributed by atoms with Crippen molar-refractivity contribution >= 4 is 5.69 Å². The number of para-hydroxylation sites is 1. The third kappa shape index (κ3) is 3.22. The molecular weight excluding hydrogens is 200 g/mol. The van der Waals surface area contributed by atoms with E-state index in [1.165, 1.54) is 11.3 Å². The summed E-state index contributed by atoms with van der Waals surface area (Å²) in [4.78, 5) is 2.26. The molecule has 0 radical (unpaired) electrons. The summed E-state index contributed by atoms with van der Waals surface area (Å²) in [5.74, 6) is 0. The average molecular weight is 222 g/mol. The van der Waals surface area contributed by atoms with Crippen molar-refractivity contribution in [3.8, 4) is 0 Å². The Hall–Kier alpha value is -1.06. The van der Waals surface area contributed by atoms with Gasteiger partial charge in [-0.1, -0.05) is 18.2 Å². The van der Waals surface area contributed by atoms with Gasteiger partial charge in [-0.25, -0.2) is 0 Å². The Morgan fingerprint density at radius 3 is 2.62 bits per heavy atom. The van der Waals surface area contributed by atoms with Gasteiger partial charge in [0.15, 0.2) is 0 Å². The molecule has 3 N–H and O–H groups in total. The van der Waals surface area contributed by atoms with Crippen molar-refractivity contribution < 1.29 is 5.11 Å². The highest BCUT2D eigenvalue weighted by Crippen LogP contribution is 2.24. The molecule has 0 heterocycles. The maximum atomic E-state index is 8.88. The molecule has 0 aliphatic heterocycles. The third-order valence-electron chi connectivity index (χ3n) is 2.74. The highest BCUT2D eigenvalue weighted by atomic mass is 16.3. The second-order valence-corrected chi connectivity index (χ2v) is 4.00. The first-order valence-electron chi connectivity index (χ1n) is 5.91. The van der Waals surface area contributed by atoms with E-state index in [2.05, 4.69) is 24.0 Å². The third-order valence-corrected chi connectivity index (χ3v) is 2.74. The van der Waals surface area contributed by atoms with Crippen LogP contribution in [0.1, 0.15) is 31.9 Å². The minimum absolute atomic E-state index is 0.0411. The lowest BCUT2D eigenvalue weighted by Crippen LogP contribution is -2.26. The monoisotopic (exact) mass is 222 g/mol. The van der Waals surface area contributed by atoms with Gasteiger partial charge < -0.3 is 15.7 Å². The van der Waals surface area contributed by atoms with Crippen LogP contribution in [0.3, 0.4) is 0 Å². The van der Waals surface area contributed by atoms with E-state index in [9.17, 15) is 0 Å². The fourth-order valence-corrected chi connectivity index (χ4v) is 1.87. The van der Waals surface area contributed by atoms with Crippen molar-refractivity contribution in [2.24, 2.45) is 5.73 Å². The van der Waals surface area contributed by atoms with E-state index in [0.717, 1.165) is 19.5 Å². The molecule has 0 saturated carbocycles. The zero-order valence-electron chi connectivity index (χ0n) is 10.2. The minimum Gasteiger partial charge on any atom is -0.396 e. The Labute approximate surface area is 97.9 Å². The molecule has 1 rings (SSSR count). The molecule has 16 heavy (non-hydrogen) atoms. The summed E-state index contributed by atoms with van der Waals surface area (Å²) in [6.07, 6.45) is 0.793. The maximum Gasteiger partial charge on any atom is 0.0447 e. The van der Waals surface area contributed by atoms with Gasteiger partial charge in [0.05, 0.1) is 0 Å². The van der Waals surface area contributed by atoms with Crippen molar-refractivity contribution in [1.82, 2.24) is 0 Å². The number of anilines is 1. The summed E-state index contributed by atoms with van der Waals surface area (Å²) in [7, 11) is 0. The smallest absolute Gasteiger partial charge is 0.0447 e. The molecule has 0 unspecified atom stereocenters. The van der Waals surface area contributed by atoms with Gasteiger partial charge in [0.2, 0.25) is 0 Å². The number of hydrogen-bond acceptors (Lipinski definition) is 3. The molecule has 0 aliphatic rings. The summed E-state index contributed by atoms with van der Waals surface area (Å²) >= 11 is 0. The van der Waals surface area contributed by atoms with Crippen LogP contribution in [0.4, 0.5) is 5.69 Å². The molecule has 3 heteroatoms. The molecule has 0 saturated heterocycles. The first-order valence-corrected chi connectivity index (χ1v) is 5.91. The Morgan fingerprint density at radius 1 is 1.38 bits per heavy atom. The largest absolute Gasteiger partial charge is 0.396 e. The molecule has 1 aromatic carbocycles. The first kappa shape index (κ1) is 13.0. The number of aliphatic hydroxyl groups is 1. The minimum atomic E-state index is 0.0411. The van der Waals surface area contributed by atoms with Gasteiger partial charge >= 0.3 is 0 Å². The van der Waals surface area contributed by atoms with Crippen LogP contribution in [0.25, 0.3) is 0 Å². The van der Waals surface area contributed by atoms with Crippen molar-refractivity contribution in [3.63, 3.8) is 0 Å². The molecule has 0 amide bonds. The Morgan fingerprint density at radius 2 is 2.06 bits per heavy atom. The van der Waals surface area contributed by atoms with E-state index >= 15 is 0 Å². The molecule has 1 aromatic rings. The number of hydrogen-bond donors (Lipinski definition) is 2. The van der Waals surface area contributed by atoms with E-state index in [1.807, 2.05) is 19.1 Å². The van der Waals surface area contributed by atoms with E-state index in [0.29, 0.717) is 0 Å². The van der Waals surface area contributed by atoms with Crippen LogP contribution in [0.5, 0.6) is 0 Å². The number of rotatable bonds is 6. The van der Waals surface area contributed by atoms with E-state index in [4.69, 9.17) is 10.8 Å². The molecular formula is C13H22N2O. The quantitative estimate of drug-likeness (QED) is 0.773. The van der Waals surface area contributed by atoms with Crippen molar-refractivity contribution in [2.75, 3.05) is 24.6 Å². The number of aliphatic hydroxyl groups excluding tert-OH is 1. The predicted octanol–water partition coefficient (Wildman–Crippen LogP) is 1.92. The van der Waals surface area contributed by atoms with Crippen molar-refractivity contribution in [3.05, 3.63) is 29.8 Å². The lowest BCUT2D eigenvalue weighted by atomic mass is 10.1. The molecule has 0 bridgehead atoms. The lowest BCUT2D eigenvalue weighted by molar-refractivity contribution is 0.289. The van der Waals surface area contributed by atoms with Gasteiger partial charge in [-0.2, -0.15) is 0 Å². The standard InChI is InChI=1S/C13H22N2O/c1-3-15(9-6-10-16)13-8-5-4-7-12(13)11(2)14/h4-5,7-8,11,16H,3,6,9-10,14H2,1-2H3/t11-/m1/s1. The predicted molar refractivity (Wildman–Crippen MR) is 68.6 cm³/mol. The molecule has 3 nitrogen and oxygen atoms in total. The molecule has 0 spiro atoms. The second kappa shape index (κ2) is 6.51. The summed E-state index contributed by atoms with van der Waals surface area (Å²) in [5, 5.41) is 8.88. The van der Waals surface area contributed by atoms with Crippen LogP contribution in [0, 0.1) is 0 Å². The van der Waals surface area contributed by atoms with Crippen LogP contribution in [-0.4, -0.2) is 24.8 Å². The van der Waals surface area contributed by atoms with E-state index < -0.39 is 0 Å². The summed E-state index contributed by atoms with van der Waals surface area (Å²) in [5.41, 5.74) is 8.32. The van der Waals surface area contributed by atoms with Crippen LogP contribution < -0.4 is 10.6 Å². The van der Waals surface area contributed by atoms with Crippen molar-refractivity contribution in [2.45, 2.75) is 26.3 Å². The van der Waals surface area contributed by atoms with Crippen LogP contribution in [0.15, 0.2) is 24.3 Å². The van der Waals surface area contributed by atoms with Crippen LogP contribution in [0.2, 0.25) is 0 Å². The fourth-order valence-electron chi connectivity index (χ4n) is 1.87. The number of nitrogens with two attached hydrogens (primary N) is 1. The molecule has 0 fully saturated rings. The fraction of sp³-hybridized carbons (Fsp3) is 0.538. The Kier molecular flexibility index (Phi) is 5.29. The highest BCUT2D eigenvalue weighted by Gasteiger charge is 2.11. The second-order valence-electron chi connectivity index (χ2n) is 4.00. The molecule has 0 aromatic heterocycles. The van der Waals surface area contributed by atoms with Crippen LogP contribution >= 0.6 is 0 Å². The van der Waals surface area contributed by atoms with Crippen molar-refractivity contribution in [1.29, 1.82) is 0 Å². The van der Waals surface area contributed by atoms with Crippen LogP contribution in [-0.2, 0) is 0 Å². The Balaban J connectivity index is 2.90. The number of nitrogens with zero attached hydrogens (tertiary/aromatic N) is 1. The van der Waals surface area contributed by atoms with E-state index in [-0.39, 0.29) is 12.6 Å². The zero-order valence-corrected chi connectivity index (χ0v) is 10.2. The van der Waals surface area contributed by atoms with Gasteiger partial charge in [-0.3, -0.25) is 0 Å². The number of benzene rings is 1. The Bertz CT molecular complexity index is 313. The summed E-state index contributed by atoms with van der Waals surface area (Å²) in [6, 6.07) is 8.26. The maximum absolute atomic E-state index is 8.88. The normalized spacial score (nSPS) is 12.5. The zero-order chi connectivity index (χ0) is 12.0. The van der Waals surface area contributed by atoms with Gasteiger partial charge in [0, 0.05) is 31.4 Å². The van der Waals surface area contributed by atoms with Gasteiger partial charge in [0.25, 0.3) is 0 Å². The van der Waals surface area contributed by atoms with Gasteiger partial charge in [0.1, 0.15) is 0 Å². The highest BCUT2D eigenvalue weighted by molar-refractivity contribution is 5.54. The summed E-state index contributed by atoms with van der Waals surface area (Å²) in [6.45, 7) is 6.16. The molecule has 0 aliphatic carbocycles. The SMILES string of the molecule is CCN(CCCO)c1ccccc1[C@@H](C)N. The first-order chi connectivity index (χ1) is 7.70. The van der Waals surface area contributed by atoms with E-state index in [1.54, 1.807) is 0 Å².